The summed E-state index contributed by atoms with van der Waals surface area (Å²) in [6.45, 7) is 8.95. The number of nitrogens with zero attached hydrogens (tertiary/aromatic N) is 2. The average Bonchev–Trinajstić information content (AvgIpc) is 2.95. The molecule has 128 valence electrons. The second-order valence-electron chi connectivity index (χ2n) is 6.93. The first kappa shape index (κ1) is 17.7. The molecule has 0 saturated carbocycles. The summed E-state index contributed by atoms with van der Waals surface area (Å²) >= 11 is 0. The second-order valence-corrected chi connectivity index (χ2v) is 6.93. The molecule has 0 radical (unpaired) electrons. The van der Waals surface area contributed by atoms with E-state index in [1.54, 1.807) is 0 Å². The normalized spacial score (nSPS) is 24.2. The zero-order valence-corrected chi connectivity index (χ0v) is 14.4. The van der Waals surface area contributed by atoms with Crippen LogP contribution in [0.5, 0.6) is 0 Å². The highest BCUT2D eigenvalue weighted by atomic mass is 16.5. The molecule has 0 bridgehead atoms. The zero-order valence-electron chi connectivity index (χ0n) is 14.4. The van der Waals surface area contributed by atoms with Gasteiger partial charge in [0.15, 0.2) is 0 Å². The summed E-state index contributed by atoms with van der Waals surface area (Å²) in [5.41, 5.74) is 0. The van der Waals surface area contributed by atoms with Crippen LogP contribution in [0, 0.1) is 5.92 Å². The van der Waals surface area contributed by atoms with Gasteiger partial charge in [-0.2, -0.15) is 0 Å². The Kier molecular flexibility index (Phi) is 8.24. The lowest BCUT2D eigenvalue weighted by molar-refractivity contribution is -0.130. The van der Waals surface area contributed by atoms with Crippen molar-refractivity contribution in [1.29, 1.82) is 0 Å². The first-order chi connectivity index (χ1) is 10.8. The minimum Gasteiger partial charge on any atom is -0.381 e. The Balaban J connectivity index is 1.62. The number of rotatable bonds is 7. The van der Waals surface area contributed by atoms with Gasteiger partial charge in [0.05, 0.1) is 6.61 Å². The molecule has 2 aliphatic rings. The molecule has 2 rings (SSSR count). The van der Waals surface area contributed by atoms with Crippen molar-refractivity contribution in [2.24, 2.45) is 5.92 Å². The van der Waals surface area contributed by atoms with Crippen LogP contribution in [-0.2, 0) is 9.53 Å². The first-order valence-corrected chi connectivity index (χ1v) is 9.37. The molecule has 2 saturated heterocycles. The fourth-order valence-electron chi connectivity index (χ4n) is 3.54. The minimum atomic E-state index is 0.347. The number of hydrogen-bond donors (Lipinski definition) is 0. The van der Waals surface area contributed by atoms with Crippen molar-refractivity contribution >= 4 is 5.91 Å². The lowest BCUT2D eigenvalue weighted by atomic mass is 10.1. The van der Waals surface area contributed by atoms with E-state index in [0.717, 1.165) is 45.7 Å². The summed E-state index contributed by atoms with van der Waals surface area (Å²) in [7, 11) is 0. The number of amides is 1. The molecule has 22 heavy (non-hydrogen) atoms. The van der Waals surface area contributed by atoms with Crippen molar-refractivity contribution in [2.45, 2.75) is 58.3 Å². The fraction of sp³-hybridized carbons (Fsp3) is 0.944. The van der Waals surface area contributed by atoms with Crippen molar-refractivity contribution in [3.05, 3.63) is 0 Å². The number of hydrogen-bond acceptors (Lipinski definition) is 3. The first-order valence-electron chi connectivity index (χ1n) is 9.37. The van der Waals surface area contributed by atoms with E-state index < -0.39 is 0 Å². The van der Waals surface area contributed by atoms with Gasteiger partial charge in [0.1, 0.15) is 0 Å². The summed E-state index contributed by atoms with van der Waals surface area (Å²) in [5, 5.41) is 0. The van der Waals surface area contributed by atoms with E-state index in [9.17, 15) is 4.79 Å². The van der Waals surface area contributed by atoms with Gasteiger partial charge in [0.25, 0.3) is 0 Å². The molecular weight excluding hydrogens is 276 g/mol. The molecular formula is C18H34N2O2. The zero-order chi connectivity index (χ0) is 15.6. The predicted octanol–water partition coefficient (Wildman–Crippen LogP) is 2.92. The van der Waals surface area contributed by atoms with Gasteiger partial charge in [0, 0.05) is 38.6 Å². The molecule has 2 aliphatic heterocycles. The van der Waals surface area contributed by atoms with Gasteiger partial charge in [-0.05, 0) is 38.8 Å². The van der Waals surface area contributed by atoms with E-state index >= 15 is 0 Å². The molecule has 2 fully saturated rings. The van der Waals surface area contributed by atoms with Gasteiger partial charge >= 0.3 is 0 Å². The van der Waals surface area contributed by atoms with E-state index in [-0.39, 0.29) is 0 Å². The summed E-state index contributed by atoms with van der Waals surface area (Å²) in [6.07, 6.45) is 9.59. The Morgan fingerprint density at radius 2 is 1.82 bits per heavy atom. The smallest absolute Gasteiger partial charge is 0.223 e. The van der Waals surface area contributed by atoms with Gasteiger partial charge in [0.2, 0.25) is 5.91 Å². The number of carbonyl (C=O) groups is 1. The van der Waals surface area contributed by atoms with Crippen molar-refractivity contribution in [2.75, 3.05) is 45.9 Å². The standard InChI is InChI=1S/C18H34N2O2/c1-2-14-22-16-17-8-13-20(15-17)18(21)9-12-19-10-6-4-3-5-7-11-19/h17H,2-16H2,1H3. The number of ether oxygens (including phenoxy) is 1. The lowest BCUT2D eigenvalue weighted by Gasteiger charge is -2.25. The molecule has 0 spiro atoms. The van der Waals surface area contributed by atoms with Gasteiger partial charge in [-0.25, -0.2) is 0 Å². The maximum Gasteiger partial charge on any atom is 0.223 e. The van der Waals surface area contributed by atoms with E-state index in [2.05, 4.69) is 16.7 Å². The van der Waals surface area contributed by atoms with E-state index in [0.29, 0.717) is 18.2 Å². The van der Waals surface area contributed by atoms with Gasteiger partial charge in [-0.3, -0.25) is 4.79 Å². The lowest BCUT2D eigenvalue weighted by Crippen LogP contribution is -2.34. The topological polar surface area (TPSA) is 32.8 Å². The Morgan fingerprint density at radius 3 is 2.55 bits per heavy atom. The van der Waals surface area contributed by atoms with Crippen LogP contribution >= 0.6 is 0 Å². The minimum absolute atomic E-state index is 0.347. The van der Waals surface area contributed by atoms with Crippen LogP contribution in [0.4, 0.5) is 0 Å². The molecule has 1 atom stereocenters. The Bertz CT molecular complexity index is 314. The van der Waals surface area contributed by atoms with Crippen molar-refractivity contribution in [3.8, 4) is 0 Å². The van der Waals surface area contributed by atoms with Crippen LogP contribution in [-0.4, -0.2) is 61.6 Å². The SMILES string of the molecule is CCCOCC1CCN(C(=O)CCN2CCCCCCC2)C1. The molecule has 0 aromatic rings. The molecule has 0 N–H and O–H groups in total. The quantitative estimate of drug-likeness (QED) is 0.678. The van der Waals surface area contributed by atoms with Crippen molar-refractivity contribution in [3.63, 3.8) is 0 Å². The summed E-state index contributed by atoms with van der Waals surface area (Å²) < 4.78 is 5.63. The predicted molar refractivity (Wildman–Crippen MR) is 89.9 cm³/mol. The van der Waals surface area contributed by atoms with Crippen LogP contribution < -0.4 is 0 Å². The second kappa shape index (κ2) is 10.2. The largest absolute Gasteiger partial charge is 0.381 e. The highest BCUT2D eigenvalue weighted by molar-refractivity contribution is 5.76. The molecule has 4 heteroatoms. The van der Waals surface area contributed by atoms with Gasteiger partial charge < -0.3 is 14.5 Å². The van der Waals surface area contributed by atoms with Crippen LogP contribution in [0.25, 0.3) is 0 Å². The average molecular weight is 310 g/mol. The molecule has 0 aromatic heterocycles. The Morgan fingerprint density at radius 1 is 1.09 bits per heavy atom. The number of likely N-dealkylation sites (tertiary alicyclic amines) is 2. The molecule has 0 aromatic carbocycles. The molecule has 0 aliphatic carbocycles. The van der Waals surface area contributed by atoms with E-state index in [1.165, 1.54) is 45.2 Å². The van der Waals surface area contributed by atoms with E-state index in [4.69, 9.17) is 4.74 Å². The Labute approximate surface area is 136 Å². The van der Waals surface area contributed by atoms with Crippen LogP contribution in [0.1, 0.15) is 58.3 Å². The van der Waals surface area contributed by atoms with Gasteiger partial charge in [-0.1, -0.05) is 26.2 Å². The van der Waals surface area contributed by atoms with Gasteiger partial charge in [-0.15, -0.1) is 0 Å². The van der Waals surface area contributed by atoms with E-state index in [1.807, 2.05) is 0 Å². The third-order valence-electron chi connectivity index (χ3n) is 4.93. The molecule has 2 heterocycles. The summed E-state index contributed by atoms with van der Waals surface area (Å²) in [5.74, 6) is 0.900. The molecule has 1 unspecified atom stereocenters. The third kappa shape index (κ3) is 6.25. The monoisotopic (exact) mass is 310 g/mol. The van der Waals surface area contributed by atoms with Crippen LogP contribution in [0.15, 0.2) is 0 Å². The highest BCUT2D eigenvalue weighted by Gasteiger charge is 2.26. The van der Waals surface area contributed by atoms with Crippen molar-refractivity contribution < 1.29 is 9.53 Å². The van der Waals surface area contributed by atoms with Crippen LogP contribution in [0.3, 0.4) is 0 Å². The summed E-state index contributed by atoms with van der Waals surface area (Å²) in [6, 6.07) is 0. The third-order valence-corrected chi connectivity index (χ3v) is 4.93. The maximum absolute atomic E-state index is 12.4. The summed E-state index contributed by atoms with van der Waals surface area (Å²) in [4.78, 5) is 16.9. The van der Waals surface area contributed by atoms with Crippen molar-refractivity contribution in [1.82, 2.24) is 9.80 Å². The fourth-order valence-corrected chi connectivity index (χ4v) is 3.54. The Hall–Kier alpha value is -0.610. The molecule has 1 amide bonds. The maximum atomic E-state index is 12.4. The highest BCUT2D eigenvalue weighted by Crippen LogP contribution is 2.18. The molecule has 4 nitrogen and oxygen atoms in total. The van der Waals surface area contributed by atoms with Crippen LogP contribution in [0.2, 0.25) is 0 Å². The number of carbonyl (C=O) groups excluding carboxylic acids is 1.